The molecule has 2 unspecified atom stereocenters. The molecule has 0 saturated heterocycles. The molecule has 2 atom stereocenters. The van der Waals surface area contributed by atoms with Crippen molar-refractivity contribution in [3.05, 3.63) is 35.9 Å². The average Bonchev–Trinajstić information content (AvgIpc) is 2.45. The lowest BCUT2D eigenvalue weighted by atomic mass is 9.77. The maximum Gasteiger partial charge on any atom is 0.407 e. The molecule has 0 bridgehead atoms. The quantitative estimate of drug-likeness (QED) is 0.772. The summed E-state index contributed by atoms with van der Waals surface area (Å²) in [5.41, 5.74) is 6.01. The number of carboxylic acids is 1. The Balaban J connectivity index is 1.94. The normalized spacial score (nSPS) is 24.5. The van der Waals surface area contributed by atoms with E-state index in [1.807, 2.05) is 30.3 Å². The Hall–Kier alpha value is -2.08. The van der Waals surface area contributed by atoms with E-state index in [-0.39, 0.29) is 19.1 Å². The molecule has 120 valence electrons. The lowest BCUT2D eigenvalue weighted by Crippen LogP contribution is -2.55. The molecular weight excluding hydrogens is 284 g/mol. The number of carbonyl (C=O) groups excluding carboxylic acids is 1. The van der Waals surface area contributed by atoms with Gasteiger partial charge in [-0.3, -0.25) is 4.79 Å². The largest absolute Gasteiger partial charge is 0.481 e. The standard InChI is InChI=1S/C16H22N2O4/c17-13-7-4-8-16(9-13,10-14(19)20)18-15(21)22-11-12-5-2-1-3-6-12/h1-3,5-6,13H,4,7-11,17H2,(H,18,21)(H,19,20). The van der Waals surface area contributed by atoms with Gasteiger partial charge in [-0.25, -0.2) is 4.79 Å². The number of alkyl carbamates (subject to hydrolysis) is 1. The fraction of sp³-hybridized carbons (Fsp3) is 0.500. The highest BCUT2D eigenvalue weighted by molar-refractivity contribution is 5.72. The van der Waals surface area contributed by atoms with Crippen LogP contribution in [0.5, 0.6) is 0 Å². The second-order valence-corrected chi connectivity index (χ2v) is 5.89. The maximum atomic E-state index is 12.0. The number of ether oxygens (including phenoxy) is 1. The highest BCUT2D eigenvalue weighted by Crippen LogP contribution is 2.30. The summed E-state index contributed by atoms with van der Waals surface area (Å²) >= 11 is 0. The van der Waals surface area contributed by atoms with Crippen LogP contribution in [0.15, 0.2) is 30.3 Å². The topological polar surface area (TPSA) is 102 Å². The van der Waals surface area contributed by atoms with Gasteiger partial charge in [0.25, 0.3) is 0 Å². The molecule has 4 N–H and O–H groups in total. The van der Waals surface area contributed by atoms with Crippen LogP contribution >= 0.6 is 0 Å². The van der Waals surface area contributed by atoms with Crippen molar-refractivity contribution in [3.8, 4) is 0 Å². The SMILES string of the molecule is NC1CCCC(CC(=O)O)(NC(=O)OCc2ccccc2)C1. The molecule has 22 heavy (non-hydrogen) atoms. The summed E-state index contributed by atoms with van der Waals surface area (Å²) in [6, 6.07) is 9.23. The van der Waals surface area contributed by atoms with Crippen molar-refractivity contribution in [1.29, 1.82) is 0 Å². The van der Waals surface area contributed by atoms with Crippen LogP contribution in [0.4, 0.5) is 4.79 Å². The zero-order chi connectivity index (χ0) is 16.0. The van der Waals surface area contributed by atoms with Crippen LogP contribution in [0.3, 0.4) is 0 Å². The molecule has 6 heteroatoms. The molecule has 1 aromatic rings. The van der Waals surface area contributed by atoms with Gasteiger partial charge in [0, 0.05) is 6.04 Å². The zero-order valence-electron chi connectivity index (χ0n) is 12.5. The fourth-order valence-electron chi connectivity index (χ4n) is 2.99. The van der Waals surface area contributed by atoms with E-state index in [2.05, 4.69) is 5.32 Å². The number of carbonyl (C=O) groups is 2. The van der Waals surface area contributed by atoms with Crippen molar-refractivity contribution in [2.24, 2.45) is 5.73 Å². The highest BCUT2D eigenvalue weighted by Gasteiger charge is 2.39. The van der Waals surface area contributed by atoms with Crippen LogP contribution < -0.4 is 11.1 Å². The van der Waals surface area contributed by atoms with Gasteiger partial charge in [0.05, 0.1) is 12.0 Å². The summed E-state index contributed by atoms with van der Waals surface area (Å²) in [5, 5.41) is 11.8. The molecule has 1 aromatic carbocycles. The molecule has 1 fully saturated rings. The number of nitrogens with two attached hydrogens (primary N) is 1. The Morgan fingerprint density at radius 2 is 2.09 bits per heavy atom. The molecule has 1 amide bonds. The number of aliphatic carboxylic acids is 1. The first-order valence-corrected chi connectivity index (χ1v) is 7.45. The van der Waals surface area contributed by atoms with E-state index in [0.717, 1.165) is 18.4 Å². The lowest BCUT2D eigenvalue weighted by molar-refractivity contribution is -0.139. The summed E-state index contributed by atoms with van der Waals surface area (Å²) in [7, 11) is 0. The summed E-state index contributed by atoms with van der Waals surface area (Å²) in [5.74, 6) is -0.947. The minimum Gasteiger partial charge on any atom is -0.481 e. The van der Waals surface area contributed by atoms with Gasteiger partial charge in [0.2, 0.25) is 0 Å². The Morgan fingerprint density at radius 3 is 2.73 bits per heavy atom. The second kappa shape index (κ2) is 7.26. The molecular formula is C16H22N2O4. The number of benzene rings is 1. The average molecular weight is 306 g/mol. The van der Waals surface area contributed by atoms with E-state index in [1.54, 1.807) is 0 Å². The van der Waals surface area contributed by atoms with Crippen molar-refractivity contribution in [3.63, 3.8) is 0 Å². The predicted molar refractivity (Wildman–Crippen MR) is 81.2 cm³/mol. The molecule has 1 aliphatic carbocycles. The molecule has 1 aliphatic rings. The Kier molecular flexibility index (Phi) is 5.38. The summed E-state index contributed by atoms with van der Waals surface area (Å²) in [6.45, 7) is 0.155. The number of hydrogen-bond donors (Lipinski definition) is 3. The van der Waals surface area contributed by atoms with Crippen molar-refractivity contribution in [1.82, 2.24) is 5.32 Å². The summed E-state index contributed by atoms with van der Waals surface area (Å²) < 4.78 is 5.19. The fourth-order valence-corrected chi connectivity index (χ4v) is 2.99. The van der Waals surface area contributed by atoms with Crippen molar-refractivity contribution in [2.45, 2.75) is 50.3 Å². The second-order valence-electron chi connectivity index (χ2n) is 5.89. The number of rotatable bonds is 5. The summed E-state index contributed by atoms with van der Waals surface area (Å²) in [6.07, 6.45) is 1.98. The van der Waals surface area contributed by atoms with Crippen LogP contribution in [-0.4, -0.2) is 28.7 Å². The van der Waals surface area contributed by atoms with Gasteiger partial charge in [-0.05, 0) is 31.2 Å². The van der Waals surface area contributed by atoms with Crippen LogP contribution in [0.2, 0.25) is 0 Å². The summed E-state index contributed by atoms with van der Waals surface area (Å²) in [4.78, 5) is 23.1. The predicted octanol–water partition coefficient (Wildman–Crippen LogP) is 2.03. The number of carboxylic acid groups (broad SMARTS) is 1. The van der Waals surface area contributed by atoms with E-state index in [1.165, 1.54) is 0 Å². The minimum absolute atomic E-state index is 0.0949. The Bertz CT molecular complexity index is 520. The van der Waals surface area contributed by atoms with Crippen molar-refractivity contribution >= 4 is 12.1 Å². The van der Waals surface area contributed by atoms with Crippen LogP contribution in [-0.2, 0) is 16.1 Å². The third-order valence-corrected chi connectivity index (χ3v) is 3.95. The first-order valence-electron chi connectivity index (χ1n) is 7.45. The van der Waals surface area contributed by atoms with Gasteiger partial charge in [-0.1, -0.05) is 30.3 Å². The van der Waals surface area contributed by atoms with Crippen LogP contribution in [0.25, 0.3) is 0 Å². The van der Waals surface area contributed by atoms with Crippen LogP contribution in [0, 0.1) is 0 Å². The Labute approximate surface area is 129 Å². The molecule has 1 saturated carbocycles. The first-order chi connectivity index (χ1) is 10.5. The van der Waals surface area contributed by atoms with Gasteiger partial charge in [-0.2, -0.15) is 0 Å². The van der Waals surface area contributed by atoms with Crippen molar-refractivity contribution < 1.29 is 19.4 Å². The third-order valence-electron chi connectivity index (χ3n) is 3.95. The first kappa shape index (κ1) is 16.3. The molecule has 6 nitrogen and oxygen atoms in total. The molecule has 0 heterocycles. The highest BCUT2D eigenvalue weighted by atomic mass is 16.5. The molecule has 0 aliphatic heterocycles. The van der Waals surface area contributed by atoms with E-state index >= 15 is 0 Å². The monoisotopic (exact) mass is 306 g/mol. The van der Waals surface area contributed by atoms with E-state index in [4.69, 9.17) is 15.6 Å². The van der Waals surface area contributed by atoms with Gasteiger partial charge in [-0.15, -0.1) is 0 Å². The van der Waals surface area contributed by atoms with E-state index < -0.39 is 17.6 Å². The van der Waals surface area contributed by atoms with E-state index in [0.29, 0.717) is 12.8 Å². The van der Waals surface area contributed by atoms with Gasteiger partial charge < -0.3 is 20.9 Å². The van der Waals surface area contributed by atoms with Gasteiger partial charge >= 0.3 is 12.1 Å². The number of hydrogen-bond acceptors (Lipinski definition) is 4. The smallest absolute Gasteiger partial charge is 0.407 e. The lowest BCUT2D eigenvalue weighted by Gasteiger charge is -2.39. The Morgan fingerprint density at radius 1 is 1.36 bits per heavy atom. The van der Waals surface area contributed by atoms with Gasteiger partial charge in [0.1, 0.15) is 6.61 Å². The van der Waals surface area contributed by atoms with Crippen molar-refractivity contribution in [2.75, 3.05) is 0 Å². The number of nitrogens with one attached hydrogen (secondary N) is 1. The van der Waals surface area contributed by atoms with E-state index in [9.17, 15) is 9.59 Å². The third kappa shape index (κ3) is 4.73. The molecule has 0 aromatic heterocycles. The van der Waals surface area contributed by atoms with Gasteiger partial charge in [0.15, 0.2) is 0 Å². The minimum atomic E-state index is -0.947. The van der Waals surface area contributed by atoms with Crippen LogP contribution in [0.1, 0.15) is 37.7 Å². The maximum absolute atomic E-state index is 12.0. The molecule has 0 spiro atoms. The number of amides is 1. The zero-order valence-corrected chi connectivity index (χ0v) is 12.5. The molecule has 2 rings (SSSR count). The molecule has 0 radical (unpaired) electrons.